The monoisotopic (exact) mass is 160 g/mol. The Labute approximate surface area is 69.6 Å². The summed E-state index contributed by atoms with van der Waals surface area (Å²) in [4.78, 5) is 0. The van der Waals surface area contributed by atoms with Crippen LogP contribution in [0.5, 0.6) is 0 Å². The first-order chi connectivity index (χ1) is 4.69. The lowest BCUT2D eigenvalue weighted by atomic mass is 9.80. The minimum absolute atomic E-state index is 0.0208. The molecule has 0 aliphatic carbocycles. The fourth-order valence-electron chi connectivity index (χ4n) is 1.70. The van der Waals surface area contributed by atoms with Crippen LogP contribution in [0.25, 0.3) is 0 Å². The molecule has 0 aromatic heterocycles. The number of hydrogen-bond acceptors (Lipinski definition) is 2. The zero-order chi connectivity index (χ0) is 9.28. The van der Waals surface area contributed by atoms with E-state index in [0.717, 1.165) is 0 Å². The molecule has 1 N–H and O–H groups in total. The smallest absolute Gasteiger partial charge is 0.0900 e. The van der Waals surface area contributed by atoms with Crippen molar-refractivity contribution in [2.45, 2.75) is 46.3 Å². The molecule has 0 radical (unpaired) electrons. The highest BCUT2D eigenvalue weighted by Gasteiger charge is 2.36. The van der Waals surface area contributed by atoms with E-state index in [-0.39, 0.29) is 11.5 Å². The van der Waals surface area contributed by atoms with Crippen LogP contribution in [0.4, 0.5) is 0 Å². The third-order valence-electron chi connectivity index (χ3n) is 1.66. The first-order valence-electron chi connectivity index (χ1n) is 3.94. The van der Waals surface area contributed by atoms with Crippen LogP contribution in [-0.4, -0.2) is 23.9 Å². The fraction of sp³-hybridized carbons (Fsp3) is 1.00. The van der Waals surface area contributed by atoms with Crippen LogP contribution in [0.1, 0.15) is 34.6 Å². The van der Waals surface area contributed by atoms with Gasteiger partial charge < -0.3 is 9.84 Å². The lowest BCUT2D eigenvalue weighted by molar-refractivity contribution is -0.118. The van der Waals surface area contributed by atoms with Crippen LogP contribution in [-0.2, 0) is 4.74 Å². The highest BCUT2D eigenvalue weighted by molar-refractivity contribution is 4.87. The van der Waals surface area contributed by atoms with Crippen LogP contribution in [0.3, 0.4) is 0 Å². The van der Waals surface area contributed by atoms with E-state index in [0.29, 0.717) is 0 Å². The molecule has 11 heavy (non-hydrogen) atoms. The van der Waals surface area contributed by atoms with Crippen molar-refractivity contribution in [3.05, 3.63) is 0 Å². The predicted molar refractivity (Wildman–Crippen MR) is 46.5 cm³/mol. The summed E-state index contributed by atoms with van der Waals surface area (Å²) in [5.74, 6) is 0. The molecule has 0 aromatic carbocycles. The van der Waals surface area contributed by atoms with Crippen molar-refractivity contribution in [1.29, 1.82) is 0 Å². The standard InChI is InChI=1S/C9H20O2/c1-8(2,3)7(11-6)9(4,5)10/h7,10H,1-6H3/t7-/m1/s1. The van der Waals surface area contributed by atoms with E-state index in [1.54, 1.807) is 21.0 Å². The summed E-state index contributed by atoms with van der Waals surface area (Å²) < 4.78 is 5.23. The van der Waals surface area contributed by atoms with Crippen LogP contribution >= 0.6 is 0 Å². The van der Waals surface area contributed by atoms with E-state index in [1.165, 1.54) is 0 Å². The van der Waals surface area contributed by atoms with E-state index in [2.05, 4.69) is 20.8 Å². The topological polar surface area (TPSA) is 29.5 Å². The van der Waals surface area contributed by atoms with E-state index in [1.807, 2.05) is 0 Å². The molecule has 0 aliphatic rings. The minimum Gasteiger partial charge on any atom is -0.388 e. The molecule has 0 fully saturated rings. The number of ether oxygens (including phenoxy) is 1. The maximum Gasteiger partial charge on any atom is 0.0900 e. The SMILES string of the molecule is CO[C@H](C(C)(C)C)C(C)(C)O. The van der Waals surface area contributed by atoms with Crippen molar-refractivity contribution >= 4 is 0 Å². The summed E-state index contributed by atoms with van der Waals surface area (Å²) in [5.41, 5.74) is -0.792. The second-order valence-electron chi connectivity index (χ2n) is 4.64. The van der Waals surface area contributed by atoms with E-state index >= 15 is 0 Å². The molecular weight excluding hydrogens is 140 g/mol. The van der Waals surface area contributed by atoms with Gasteiger partial charge in [-0.25, -0.2) is 0 Å². The van der Waals surface area contributed by atoms with Gasteiger partial charge in [-0.05, 0) is 19.3 Å². The summed E-state index contributed by atoms with van der Waals surface area (Å²) in [5, 5.41) is 9.69. The molecule has 0 unspecified atom stereocenters. The van der Waals surface area contributed by atoms with Gasteiger partial charge in [0.2, 0.25) is 0 Å². The summed E-state index contributed by atoms with van der Waals surface area (Å²) in [6.45, 7) is 9.70. The number of rotatable bonds is 2. The van der Waals surface area contributed by atoms with E-state index in [9.17, 15) is 5.11 Å². The molecule has 0 aliphatic heterocycles. The zero-order valence-electron chi connectivity index (χ0n) is 8.43. The summed E-state index contributed by atoms with van der Waals surface area (Å²) in [6, 6.07) is 0. The highest BCUT2D eigenvalue weighted by Crippen LogP contribution is 2.29. The third-order valence-corrected chi connectivity index (χ3v) is 1.66. The zero-order valence-corrected chi connectivity index (χ0v) is 8.43. The van der Waals surface area contributed by atoms with Gasteiger partial charge in [0, 0.05) is 7.11 Å². The van der Waals surface area contributed by atoms with Crippen LogP contribution < -0.4 is 0 Å². The Morgan fingerprint density at radius 2 is 1.45 bits per heavy atom. The molecular formula is C9H20O2. The lowest BCUT2D eigenvalue weighted by Gasteiger charge is -2.37. The molecule has 0 saturated heterocycles. The van der Waals surface area contributed by atoms with Crippen LogP contribution in [0.2, 0.25) is 0 Å². The van der Waals surface area contributed by atoms with Crippen molar-refractivity contribution in [1.82, 2.24) is 0 Å². The van der Waals surface area contributed by atoms with Gasteiger partial charge in [-0.2, -0.15) is 0 Å². The number of methoxy groups -OCH3 is 1. The highest BCUT2D eigenvalue weighted by atomic mass is 16.5. The van der Waals surface area contributed by atoms with Crippen molar-refractivity contribution in [3.63, 3.8) is 0 Å². The Kier molecular flexibility index (Phi) is 3.09. The molecule has 68 valence electrons. The average Bonchev–Trinajstić information content (AvgIpc) is 1.56. The fourth-order valence-corrected chi connectivity index (χ4v) is 1.70. The summed E-state index contributed by atoms with van der Waals surface area (Å²) in [7, 11) is 1.63. The van der Waals surface area contributed by atoms with Crippen molar-refractivity contribution in [2.24, 2.45) is 5.41 Å². The van der Waals surface area contributed by atoms with Crippen molar-refractivity contribution in [2.75, 3.05) is 7.11 Å². The Hall–Kier alpha value is -0.0800. The minimum atomic E-state index is -0.771. The Morgan fingerprint density at radius 3 is 1.45 bits per heavy atom. The average molecular weight is 160 g/mol. The van der Waals surface area contributed by atoms with Gasteiger partial charge in [0.1, 0.15) is 0 Å². The van der Waals surface area contributed by atoms with Gasteiger partial charge >= 0.3 is 0 Å². The Morgan fingerprint density at radius 1 is 1.09 bits per heavy atom. The molecule has 0 saturated carbocycles. The molecule has 0 spiro atoms. The van der Waals surface area contributed by atoms with Gasteiger partial charge in [0.25, 0.3) is 0 Å². The first-order valence-corrected chi connectivity index (χ1v) is 3.94. The van der Waals surface area contributed by atoms with E-state index < -0.39 is 5.60 Å². The summed E-state index contributed by atoms with van der Waals surface area (Å²) >= 11 is 0. The van der Waals surface area contributed by atoms with Gasteiger partial charge in [0.05, 0.1) is 11.7 Å². The molecule has 1 atom stereocenters. The lowest BCUT2D eigenvalue weighted by Crippen LogP contribution is -2.46. The van der Waals surface area contributed by atoms with E-state index in [4.69, 9.17) is 4.74 Å². The van der Waals surface area contributed by atoms with Crippen LogP contribution in [0.15, 0.2) is 0 Å². The molecule has 0 heterocycles. The molecule has 0 bridgehead atoms. The van der Waals surface area contributed by atoms with Gasteiger partial charge in [-0.15, -0.1) is 0 Å². The second kappa shape index (κ2) is 3.11. The molecule has 0 amide bonds. The van der Waals surface area contributed by atoms with Gasteiger partial charge in [0.15, 0.2) is 0 Å². The van der Waals surface area contributed by atoms with Crippen molar-refractivity contribution in [3.8, 4) is 0 Å². The normalized spacial score (nSPS) is 16.6. The molecule has 0 rings (SSSR count). The third kappa shape index (κ3) is 3.21. The quantitative estimate of drug-likeness (QED) is 0.667. The Balaban J connectivity index is 4.43. The first kappa shape index (κ1) is 10.9. The largest absolute Gasteiger partial charge is 0.388 e. The maximum atomic E-state index is 9.69. The maximum absolute atomic E-state index is 9.69. The summed E-state index contributed by atoms with van der Waals surface area (Å²) in [6.07, 6.45) is -0.130. The van der Waals surface area contributed by atoms with Crippen molar-refractivity contribution < 1.29 is 9.84 Å². The number of hydrogen-bond donors (Lipinski definition) is 1. The molecule has 2 heteroatoms. The van der Waals surface area contributed by atoms with Gasteiger partial charge in [-0.1, -0.05) is 20.8 Å². The number of aliphatic hydroxyl groups is 1. The molecule has 0 aromatic rings. The Bertz CT molecular complexity index is 103. The molecule has 2 nitrogen and oxygen atoms in total. The van der Waals surface area contributed by atoms with Crippen LogP contribution in [0, 0.1) is 5.41 Å². The van der Waals surface area contributed by atoms with Gasteiger partial charge in [-0.3, -0.25) is 0 Å². The second-order valence-corrected chi connectivity index (χ2v) is 4.64. The predicted octanol–water partition coefficient (Wildman–Crippen LogP) is 1.82.